The summed E-state index contributed by atoms with van der Waals surface area (Å²) in [5, 5.41) is 11.2. The van der Waals surface area contributed by atoms with Gasteiger partial charge in [0.15, 0.2) is 0 Å². The average molecular weight is 339 g/mol. The molecule has 0 bridgehead atoms. The molecule has 0 saturated heterocycles. The monoisotopic (exact) mass is 339 g/mol. The van der Waals surface area contributed by atoms with Crippen LogP contribution in [0.2, 0.25) is 0 Å². The fraction of sp³-hybridized carbons (Fsp3) is 0.294. The van der Waals surface area contributed by atoms with Crippen LogP contribution in [0.1, 0.15) is 18.3 Å². The van der Waals surface area contributed by atoms with Crippen LogP contribution in [0.5, 0.6) is 0 Å². The number of benzene rings is 1. The summed E-state index contributed by atoms with van der Waals surface area (Å²) >= 11 is 0. The van der Waals surface area contributed by atoms with E-state index in [9.17, 15) is 4.79 Å². The Kier molecular flexibility index (Phi) is 4.78. The van der Waals surface area contributed by atoms with Gasteiger partial charge in [0.1, 0.15) is 5.82 Å². The van der Waals surface area contributed by atoms with E-state index in [2.05, 4.69) is 20.5 Å². The zero-order chi connectivity index (χ0) is 17.8. The number of para-hydroxylation sites is 1. The first kappa shape index (κ1) is 16.7. The molecule has 0 saturated carbocycles. The molecule has 8 nitrogen and oxygen atoms in total. The number of nitrogens with one attached hydrogen (secondary N) is 1. The van der Waals surface area contributed by atoms with E-state index >= 15 is 0 Å². The SMILES string of the molecule is CCc1nc(NC(=O)N(C)Cc2ccccc2-n2cccn2)nn1C. The van der Waals surface area contributed by atoms with Crippen molar-refractivity contribution in [2.24, 2.45) is 7.05 Å². The minimum Gasteiger partial charge on any atom is -0.323 e. The molecule has 0 radical (unpaired) electrons. The van der Waals surface area contributed by atoms with Crippen molar-refractivity contribution in [2.75, 3.05) is 12.4 Å². The second-order valence-corrected chi connectivity index (χ2v) is 5.69. The fourth-order valence-electron chi connectivity index (χ4n) is 2.58. The van der Waals surface area contributed by atoms with E-state index in [4.69, 9.17) is 0 Å². The predicted octanol–water partition coefficient (Wildman–Crippen LogP) is 2.23. The van der Waals surface area contributed by atoms with Crippen LogP contribution in [0.25, 0.3) is 5.69 Å². The van der Waals surface area contributed by atoms with Crippen molar-refractivity contribution in [3.63, 3.8) is 0 Å². The molecule has 2 amide bonds. The molecule has 2 heterocycles. The minimum atomic E-state index is -0.261. The maximum atomic E-state index is 12.4. The Bertz CT molecular complexity index is 854. The van der Waals surface area contributed by atoms with Crippen LogP contribution in [-0.2, 0) is 20.0 Å². The van der Waals surface area contributed by atoms with Gasteiger partial charge in [-0.25, -0.2) is 9.48 Å². The van der Waals surface area contributed by atoms with Crippen LogP contribution in [0.3, 0.4) is 0 Å². The average Bonchev–Trinajstić information content (AvgIpc) is 3.25. The number of hydrogen-bond donors (Lipinski definition) is 1. The third-order valence-corrected chi connectivity index (χ3v) is 3.89. The molecule has 0 spiro atoms. The van der Waals surface area contributed by atoms with Gasteiger partial charge in [-0.3, -0.25) is 10.00 Å². The Morgan fingerprint density at radius 3 is 2.76 bits per heavy atom. The Hall–Kier alpha value is -3.16. The van der Waals surface area contributed by atoms with Gasteiger partial charge in [0.2, 0.25) is 5.95 Å². The van der Waals surface area contributed by atoms with Crippen LogP contribution < -0.4 is 5.32 Å². The van der Waals surface area contributed by atoms with Crippen molar-refractivity contribution in [1.29, 1.82) is 0 Å². The number of nitrogens with zero attached hydrogens (tertiary/aromatic N) is 6. The number of carbonyl (C=O) groups excluding carboxylic acids is 1. The maximum Gasteiger partial charge on any atom is 0.324 e. The minimum absolute atomic E-state index is 0.261. The van der Waals surface area contributed by atoms with E-state index in [1.807, 2.05) is 50.5 Å². The first-order chi connectivity index (χ1) is 12.1. The van der Waals surface area contributed by atoms with E-state index in [0.717, 1.165) is 23.5 Å². The third-order valence-electron chi connectivity index (χ3n) is 3.89. The van der Waals surface area contributed by atoms with Crippen molar-refractivity contribution in [2.45, 2.75) is 19.9 Å². The van der Waals surface area contributed by atoms with Crippen molar-refractivity contribution >= 4 is 12.0 Å². The first-order valence-corrected chi connectivity index (χ1v) is 8.08. The molecule has 1 aromatic carbocycles. The highest BCUT2D eigenvalue weighted by atomic mass is 16.2. The lowest BCUT2D eigenvalue weighted by molar-refractivity contribution is 0.220. The normalized spacial score (nSPS) is 10.7. The summed E-state index contributed by atoms with van der Waals surface area (Å²) in [6.07, 6.45) is 4.36. The molecule has 0 fully saturated rings. The van der Waals surface area contributed by atoms with Crippen LogP contribution >= 0.6 is 0 Å². The van der Waals surface area contributed by atoms with Crippen molar-refractivity contribution in [3.8, 4) is 5.69 Å². The van der Waals surface area contributed by atoms with Gasteiger partial charge < -0.3 is 4.90 Å². The number of aromatic nitrogens is 5. The van der Waals surface area contributed by atoms with Gasteiger partial charge in [0, 0.05) is 39.5 Å². The molecule has 3 aromatic rings. The lowest BCUT2D eigenvalue weighted by Crippen LogP contribution is -2.31. The van der Waals surface area contributed by atoms with Crippen LogP contribution in [0, 0.1) is 0 Å². The molecule has 0 aliphatic carbocycles. The van der Waals surface area contributed by atoms with Gasteiger partial charge in [0.25, 0.3) is 0 Å². The summed E-state index contributed by atoms with van der Waals surface area (Å²) in [6.45, 7) is 2.43. The molecule has 0 atom stereocenters. The molecule has 3 rings (SSSR count). The molecular weight excluding hydrogens is 318 g/mol. The number of amides is 2. The van der Waals surface area contributed by atoms with Gasteiger partial charge in [-0.05, 0) is 17.7 Å². The highest BCUT2D eigenvalue weighted by molar-refractivity contribution is 5.87. The molecule has 1 N–H and O–H groups in total. The Morgan fingerprint density at radius 2 is 2.08 bits per heavy atom. The highest BCUT2D eigenvalue weighted by Gasteiger charge is 2.15. The number of hydrogen-bond acceptors (Lipinski definition) is 4. The molecular formula is C17H21N7O. The number of aryl methyl sites for hydroxylation is 2. The van der Waals surface area contributed by atoms with Crippen molar-refractivity contribution < 1.29 is 4.79 Å². The summed E-state index contributed by atoms with van der Waals surface area (Å²) in [5.41, 5.74) is 1.93. The summed E-state index contributed by atoms with van der Waals surface area (Å²) in [4.78, 5) is 18.3. The lowest BCUT2D eigenvalue weighted by Gasteiger charge is -2.19. The van der Waals surface area contributed by atoms with Crippen LogP contribution in [0.15, 0.2) is 42.7 Å². The summed E-state index contributed by atoms with van der Waals surface area (Å²) < 4.78 is 3.46. The van der Waals surface area contributed by atoms with E-state index in [0.29, 0.717) is 12.5 Å². The van der Waals surface area contributed by atoms with E-state index < -0.39 is 0 Å². The number of anilines is 1. The fourth-order valence-corrected chi connectivity index (χ4v) is 2.58. The van der Waals surface area contributed by atoms with Crippen molar-refractivity contribution in [3.05, 3.63) is 54.1 Å². The lowest BCUT2D eigenvalue weighted by atomic mass is 10.1. The molecule has 8 heteroatoms. The Labute approximate surface area is 146 Å². The van der Waals surface area contributed by atoms with Gasteiger partial charge in [-0.15, -0.1) is 5.10 Å². The first-order valence-electron chi connectivity index (χ1n) is 8.08. The second kappa shape index (κ2) is 7.16. The zero-order valence-electron chi connectivity index (χ0n) is 14.5. The summed E-state index contributed by atoms with van der Waals surface area (Å²) in [7, 11) is 3.55. The Morgan fingerprint density at radius 1 is 1.28 bits per heavy atom. The topological polar surface area (TPSA) is 80.9 Å². The summed E-state index contributed by atoms with van der Waals surface area (Å²) in [6, 6.07) is 9.46. The predicted molar refractivity (Wildman–Crippen MR) is 94.4 cm³/mol. The van der Waals surface area contributed by atoms with Gasteiger partial charge in [-0.2, -0.15) is 10.1 Å². The Balaban J connectivity index is 1.72. The molecule has 0 unspecified atom stereocenters. The molecule has 0 aliphatic rings. The largest absolute Gasteiger partial charge is 0.324 e. The second-order valence-electron chi connectivity index (χ2n) is 5.69. The molecule has 0 aliphatic heterocycles. The van der Waals surface area contributed by atoms with Gasteiger partial charge in [0.05, 0.1) is 5.69 Å². The molecule has 2 aromatic heterocycles. The van der Waals surface area contributed by atoms with E-state index in [1.165, 1.54) is 0 Å². The number of carbonyl (C=O) groups is 1. The quantitative estimate of drug-likeness (QED) is 0.773. The molecule has 25 heavy (non-hydrogen) atoms. The van der Waals surface area contributed by atoms with Crippen molar-refractivity contribution in [1.82, 2.24) is 29.4 Å². The zero-order valence-corrected chi connectivity index (χ0v) is 14.5. The maximum absolute atomic E-state index is 12.4. The molecule has 130 valence electrons. The standard InChI is InChI=1S/C17H21N7O/c1-4-15-19-16(21-23(15)3)20-17(25)22(2)12-13-8-5-6-9-14(13)24-11-7-10-18-24/h5-11H,4,12H2,1-3H3,(H,20,21,25). The van der Waals surface area contributed by atoms with E-state index in [1.54, 1.807) is 27.5 Å². The van der Waals surface area contributed by atoms with Crippen LogP contribution in [0.4, 0.5) is 10.7 Å². The van der Waals surface area contributed by atoms with Crippen LogP contribution in [-0.4, -0.2) is 42.5 Å². The van der Waals surface area contributed by atoms with Gasteiger partial charge in [-0.1, -0.05) is 25.1 Å². The number of urea groups is 1. The smallest absolute Gasteiger partial charge is 0.323 e. The number of rotatable bonds is 5. The van der Waals surface area contributed by atoms with E-state index in [-0.39, 0.29) is 6.03 Å². The third kappa shape index (κ3) is 3.68. The highest BCUT2D eigenvalue weighted by Crippen LogP contribution is 2.15. The summed E-state index contributed by atoms with van der Waals surface area (Å²) in [5.74, 6) is 1.14. The van der Waals surface area contributed by atoms with Gasteiger partial charge >= 0.3 is 6.03 Å².